The van der Waals surface area contributed by atoms with Crippen LogP contribution in [0.4, 0.5) is 0 Å². The highest BCUT2D eigenvalue weighted by atomic mass is 16.5. The number of hydrogen-bond acceptors (Lipinski definition) is 4. The molecule has 5 heteroatoms. The van der Waals surface area contributed by atoms with Gasteiger partial charge in [-0.3, -0.25) is 4.79 Å². The monoisotopic (exact) mass is 363 g/mol. The summed E-state index contributed by atoms with van der Waals surface area (Å²) in [5.74, 6) is 2.74. The lowest BCUT2D eigenvalue weighted by Gasteiger charge is -2.28. The lowest BCUT2D eigenvalue weighted by atomic mass is 9.88. The minimum absolute atomic E-state index is 0.151. The molecule has 0 radical (unpaired) electrons. The van der Waals surface area contributed by atoms with Gasteiger partial charge in [0.25, 0.3) is 0 Å². The summed E-state index contributed by atoms with van der Waals surface area (Å²) in [5, 5.41) is 0. The first kappa shape index (κ1) is 20.4. The van der Waals surface area contributed by atoms with Crippen molar-refractivity contribution in [3.05, 3.63) is 17.2 Å². The summed E-state index contributed by atoms with van der Waals surface area (Å²) in [7, 11) is 6.81. The molecule has 1 amide bonds. The fourth-order valence-electron chi connectivity index (χ4n) is 3.94. The predicted molar refractivity (Wildman–Crippen MR) is 103 cm³/mol. The minimum atomic E-state index is 0.151. The number of nitrogens with zero attached hydrogens (tertiary/aromatic N) is 1. The summed E-state index contributed by atoms with van der Waals surface area (Å²) in [5.41, 5.74) is 1.88. The van der Waals surface area contributed by atoms with Gasteiger partial charge in [0.1, 0.15) is 5.75 Å². The molecular weight excluding hydrogens is 330 g/mol. The van der Waals surface area contributed by atoms with Crippen LogP contribution in [0.3, 0.4) is 0 Å². The van der Waals surface area contributed by atoms with Gasteiger partial charge in [-0.25, -0.2) is 0 Å². The second kappa shape index (κ2) is 9.15. The zero-order chi connectivity index (χ0) is 19.3. The molecule has 0 saturated heterocycles. The quantitative estimate of drug-likeness (QED) is 0.721. The molecule has 5 nitrogen and oxygen atoms in total. The molecule has 1 aromatic carbocycles. The molecule has 0 N–H and O–H groups in total. The summed E-state index contributed by atoms with van der Waals surface area (Å²) in [4.78, 5) is 14.6. The van der Waals surface area contributed by atoms with Crippen molar-refractivity contribution < 1.29 is 19.0 Å². The maximum Gasteiger partial charge on any atom is 0.225 e. The first-order valence-electron chi connectivity index (χ1n) is 9.51. The average molecular weight is 363 g/mol. The van der Waals surface area contributed by atoms with Crippen molar-refractivity contribution in [2.24, 2.45) is 5.92 Å². The Labute approximate surface area is 157 Å². The molecule has 1 saturated carbocycles. The third kappa shape index (κ3) is 4.25. The lowest BCUT2D eigenvalue weighted by molar-refractivity contribution is -0.135. The van der Waals surface area contributed by atoms with Crippen molar-refractivity contribution in [2.75, 3.05) is 28.4 Å². The number of carbonyl (C=O) groups excluding carboxylic acids is 1. The number of rotatable bonds is 7. The van der Waals surface area contributed by atoms with Crippen LogP contribution in [0.15, 0.2) is 6.07 Å². The molecule has 0 atom stereocenters. The lowest BCUT2D eigenvalue weighted by Crippen LogP contribution is -2.33. The second-order valence-electron chi connectivity index (χ2n) is 7.40. The fraction of sp³-hybridized carbons (Fsp3) is 0.667. The molecule has 26 heavy (non-hydrogen) atoms. The second-order valence-corrected chi connectivity index (χ2v) is 7.40. The number of methoxy groups -OCH3 is 3. The largest absolute Gasteiger partial charge is 0.496 e. The fourth-order valence-corrected chi connectivity index (χ4v) is 3.94. The van der Waals surface area contributed by atoms with E-state index in [0.29, 0.717) is 18.0 Å². The van der Waals surface area contributed by atoms with Gasteiger partial charge in [0.15, 0.2) is 11.5 Å². The third-order valence-corrected chi connectivity index (χ3v) is 5.26. The molecule has 2 rings (SSSR count). The average Bonchev–Trinajstić information content (AvgIpc) is 2.66. The number of amides is 1. The Morgan fingerprint density at radius 3 is 2.19 bits per heavy atom. The Morgan fingerprint density at radius 2 is 1.69 bits per heavy atom. The van der Waals surface area contributed by atoms with E-state index in [4.69, 9.17) is 14.2 Å². The zero-order valence-corrected chi connectivity index (χ0v) is 17.1. The van der Waals surface area contributed by atoms with E-state index < -0.39 is 0 Å². The zero-order valence-electron chi connectivity index (χ0n) is 17.1. The van der Waals surface area contributed by atoms with Gasteiger partial charge in [-0.15, -0.1) is 0 Å². The highest BCUT2D eigenvalue weighted by molar-refractivity contribution is 5.78. The summed E-state index contributed by atoms with van der Waals surface area (Å²) in [6.45, 7) is 4.67. The van der Waals surface area contributed by atoms with Crippen LogP contribution in [-0.2, 0) is 11.3 Å². The Kier molecular flexibility index (Phi) is 7.18. The van der Waals surface area contributed by atoms with E-state index in [1.165, 1.54) is 6.42 Å². The molecule has 0 aromatic heterocycles. The van der Waals surface area contributed by atoms with Crippen molar-refractivity contribution in [2.45, 2.75) is 58.4 Å². The first-order valence-corrected chi connectivity index (χ1v) is 9.51. The van der Waals surface area contributed by atoms with Gasteiger partial charge in [-0.1, -0.05) is 33.1 Å². The van der Waals surface area contributed by atoms with Crippen LogP contribution in [0.2, 0.25) is 0 Å². The van der Waals surface area contributed by atoms with Gasteiger partial charge in [-0.05, 0) is 24.8 Å². The molecule has 1 fully saturated rings. The van der Waals surface area contributed by atoms with Crippen molar-refractivity contribution in [3.8, 4) is 17.2 Å². The summed E-state index contributed by atoms with van der Waals surface area (Å²) >= 11 is 0. The maximum atomic E-state index is 12.8. The molecule has 0 heterocycles. The van der Waals surface area contributed by atoms with Crippen molar-refractivity contribution in [3.63, 3.8) is 0 Å². The van der Waals surface area contributed by atoms with E-state index in [1.54, 1.807) is 21.3 Å². The number of ether oxygens (including phenoxy) is 3. The van der Waals surface area contributed by atoms with Crippen molar-refractivity contribution in [1.82, 2.24) is 4.90 Å². The van der Waals surface area contributed by atoms with Gasteiger partial charge in [0.2, 0.25) is 5.91 Å². The third-order valence-electron chi connectivity index (χ3n) is 5.26. The van der Waals surface area contributed by atoms with Gasteiger partial charge in [0.05, 0.1) is 21.3 Å². The standard InChI is InChI=1S/C21H33NO4/c1-14(2)18-17(24-4)12-16(19(25-5)20(18)26-6)13-22(3)21(23)15-10-8-7-9-11-15/h12,14-15H,7-11,13H2,1-6H3. The van der Waals surface area contributed by atoms with Crippen LogP contribution in [0.1, 0.15) is 63.0 Å². The topological polar surface area (TPSA) is 48.0 Å². The molecule has 0 unspecified atom stereocenters. The smallest absolute Gasteiger partial charge is 0.225 e. The summed E-state index contributed by atoms with van der Waals surface area (Å²) in [6.07, 6.45) is 5.54. The Morgan fingerprint density at radius 1 is 1.08 bits per heavy atom. The van der Waals surface area contributed by atoms with Crippen molar-refractivity contribution >= 4 is 5.91 Å². The SMILES string of the molecule is COc1cc(CN(C)C(=O)C2CCCCC2)c(OC)c(OC)c1C(C)C. The Balaban J connectivity index is 2.34. The Hall–Kier alpha value is -1.91. The molecule has 1 aliphatic carbocycles. The maximum absolute atomic E-state index is 12.8. The van der Waals surface area contributed by atoms with Gasteiger partial charge >= 0.3 is 0 Å². The first-order chi connectivity index (χ1) is 12.4. The molecule has 1 aliphatic rings. The van der Waals surface area contributed by atoms with Crippen LogP contribution < -0.4 is 14.2 Å². The van der Waals surface area contributed by atoms with E-state index in [0.717, 1.165) is 42.6 Å². The van der Waals surface area contributed by atoms with Gasteiger partial charge in [0, 0.05) is 30.6 Å². The summed E-state index contributed by atoms with van der Waals surface area (Å²) in [6, 6.07) is 1.97. The number of hydrogen-bond donors (Lipinski definition) is 0. The summed E-state index contributed by atoms with van der Waals surface area (Å²) < 4.78 is 16.9. The molecular formula is C21H33NO4. The Bertz CT molecular complexity index is 621. The van der Waals surface area contributed by atoms with E-state index in [-0.39, 0.29) is 17.7 Å². The van der Waals surface area contributed by atoms with Crippen LogP contribution in [0, 0.1) is 5.92 Å². The minimum Gasteiger partial charge on any atom is -0.496 e. The van der Waals surface area contributed by atoms with Gasteiger partial charge < -0.3 is 19.1 Å². The van der Waals surface area contributed by atoms with E-state index in [2.05, 4.69) is 13.8 Å². The van der Waals surface area contributed by atoms with Crippen LogP contribution in [-0.4, -0.2) is 39.2 Å². The molecule has 0 aliphatic heterocycles. The van der Waals surface area contributed by atoms with E-state index in [9.17, 15) is 4.79 Å². The van der Waals surface area contributed by atoms with Crippen molar-refractivity contribution in [1.29, 1.82) is 0 Å². The van der Waals surface area contributed by atoms with E-state index >= 15 is 0 Å². The van der Waals surface area contributed by atoms with E-state index in [1.807, 2.05) is 18.0 Å². The van der Waals surface area contributed by atoms with Crippen LogP contribution in [0.25, 0.3) is 0 Å². The highest BCUT2D eigenvalue weighted by Gasteiger charge is 2.27. The van der Waals surface area contributed by atoms with Crippen LogP contribution in [0.5, 0.6) is 17.2 Å². The van der Waals surface area contributed by atoms with Gasteiger partial charge in [-0.2, -0.15) is 0 Å². The molecule has 0 bridgehead atoms. The van der Waals surface area contributed by atoms with Crippen LogP contribution >= 0.6 is 0 Å². The normalized spacial score (nSPS) is 15.0. The number of benzene rings is 1. The molecule has 1 aromatic rings. The predicted octanol–water partition coefficient (Wildman–Crippen LogP) is 4.37. The molecule has 146 valence electrons. The molecule has 0 spiro atoms. The highest BCUT2D eigenvalue weighted by Crippen LogP contribution is 2.44. The number of carbonyl (C=O) groups is 1.